The smallest absolute Gasteiger partial charge is 0.0143 e. The Morgan fingerprint density at radius 2 is 1.81 bits per heavy atom. The minimum Gasteiger partial charge on any atom is -0.313 e. The van der Waals surface area contributed by atoms with Crippen LogP contribution in [0.5, 0.6) is 0 Å². The van der Waals surface area contributed by atoms with Gasteiger partial charge >= 0.3 is 0 Å². The van der Waals surface area contributed by atoms with Gasteiger partial charge < -0.3 is 5.32 Å². The van der Waals surface area contributed by atoms with Gasteiger partial charge in [-0.1, -0.05) is 43.2 Å². The Labute approximate surface area is 98.3 Å². The second kappa shape index (κ2) is 4.58. The number of hydrogen-bond acceptors (Lipinski definition) is 1. The molecule has 2 unspecified atom stereocenters. The second-order valence-electron chi connectivity index (χ2n) is 5.42. The van der Waals surface area contributed by atoms with Crippen LogP contribution in [0.15, 0.2) is 30.3 Å². The van der Waals surface area contributed by atoms with E-state index in [-0.39, 0.29) is 0 Å². The molecule has 2 aliphatic rings. The Hall–Kier alpha value is -0.820. The van der Waals surface area contributed by atoms with E-state index < -0.39 is 0 Å². The summed E-state index contributed by atoms with van der Waals surface area (Å²) in [5.74, 6) is 1.76. The van der Waals surface area contributed by atoms with Crippen LogP contribution in [0.1, 0.15) is 43.6 Å². The Morgan fingerprint density at radius 1 is 1.06 bits per heavy atom. The van der Waals surface area contributed by atoms with Gasteiger partial charge in [-0.15, -0.1) is 0 Å². The fourth-order valence-corrected chi connectivity index (χ4v) is 3.02. The first-order chi connectivity index (χ1) is 7.93. The summed E-state index contributed by atoms with van der Waals surface area (Å²) in [6.07, 6.45) is 7.17. The summed E-state index contributed by atoms with van der Waals surface area (Å²) < 4.78 is 0. The highest BCUT2D eigenvalue weighted by Crippen LogP contribution is 2.40. The van der Waals surface area contributed by atoms with Gasteiger partial charge in [0.1, 0.15) is 0 Å². The number of rotatable bonds is 4. The van der Waals surface area contributed by atoms with Crippen LogP contribution in [-0.4, -0.2) is 12.6 Å². The third-order valence-electron chi connectivity index (χ3n) is 4.16. The Balaban J connectivity index is 1.46. The van der Waals surface area contributed by atoms with Crippen LogP contribution in [0, 0.1) is 5.92 Å². The summed E-state index contributed by atoms with van der Waals surface area (Å²) in [6.45, 7) is 1.26. The monoisotopic (exact) mass is 215 g/mol. The molecule has 1 nitrogen and oxygen atoms in total. The Bertz CT molecular complexity index is 327. The molecule has 0 aliphatic heterocycles. The van der Waals surface area contributed by atoms with Gasteiger partial charge in [-0.2, -0.15) is 0 Å². The van der Waals surface area contributed by atoms with Crippen LogP contribution in [0.3, 0.4) is 0 Å². The van der Waals surface area contributed by atoms with E-state index in [1.165, 1.54) is 44.2 Å². The van der Waals surface area contributed by atoms with Gasteiger partial charge in [0.05, 0.1) is 0 Å². The third-order valence-corrected chi connectivity index (χ3v) is 4.16. The van der Waals surface area contributed by atoms with Gasteiger partial charge in [0, 0.05) is 12.0 Å². The van der Waals surface area contributed by atoms with Crippen LogP contribution in [0.25, 0.3) is 0 Å². The van der Waals surface area contributed by atoms with Crippen molar-refractivity contribution in [2.75, 3.05) is 6.54 Å². The molecular formula is C15H21N. The summed E-state index contributed by atoms with van der Waals surface area (Å²) in [5.41, 5.74) is 1.52. The predicted molar refractivity (Wildman–Crippen MR) is 67.5 cm³/mol. The van der Waals surface area contributed by atoms with E-state index in [1.54, 1.807) is 0 Å². The number of benzene rings is 1. The molecule has 1 aromatic rings. The summed E-state index contributed by atoms with van der Waals surface area (Å²) in [5, 5.41) is 3.75. The van der Waals surface area contributed by atoms with E-state index >= 15 is 0 Å². The summed E-state index contributed by atoms with van der Waals surface area (Å²) in [4.78, 5) is 0. The van der Waals surface area contributed by atoms with Gasteiger partial charge in [0.2, 0.25) is 0 Å². The highest BCUT2D eigenvalue weighted by Gasteiger charge is 2.37. The largest absolute Gasteiger partial charge is 0.313 e. The normalized spacial score (nSPS) is 29.5. The highest BCUT2D eigenvalue weighted by molar-refractivity contribution is 5.27. The molecule has 2 aliphatic carbocycles. The van der Waals surface area contributed by atoms with E-state index in [0.717, 1.165) is 17.9 Å². The molecule has 0 spiro atoms. The lowest BCUT2D eigenvalue weighted by Crippen LogP contribution is -2.24. The van der Waals surface area contributed by atoms with Gasteiger partial charge in [-0.05, 0) is 37.3 Å². The van der Waals surface area contributed by atoms with E-state index in [2.05, 4.69) is 35.6 Å². The molecule has 1 aromatic carbocycles. The average Bonchev–Trinajstić information content (AvgIpc) is 2.93. The predicted octanol–water partition coefficient (Wildman–Crippen LogP) is 3.32. The lowest BCUT2D eigenvalue weighted by atomic mass is 10.1. The van der Waals surface area contributed by atoms with Gasteiger partial charge in [-0.25, -0.2) is 0 Å². The molecule has 1 N–H and O–H groups in total. The molecule has 0 aromatic heterocycles. The maximum atomic E-state index is 3.75. The molecular weight excluding hydrogens is 194 g/mol. The molecule has 0 bridgehead atoms. The van der Waals surface area contributed by atoms with Crippen molar-refractivity contribution in [2.24, 2.45) is 5.92 Å². The Morgan fingerprint density at radius 3 is 2.56 bits per heavy atom. The van der Waals surface area contributed by atoms with Crippen molar-refractivity contribution in [2.45, 2.75) is 44.1 Å². The molecule has 0 heterocycles. The number of hydrogen-bond donors (Lipinski definition) is 1. The first-order valence-corrected chi connectivity index (χ1v) is 6.72. The van der Waals surface area contributed by atoms with E-state index in [9.17, 15) is 0 Å². The van der Waals surface area contributed by atoms with E-state index in [0.29, 0.717) is 0 Å². The molecule has 1 heteroatoms. The zero-order chi connectivity index (χ0) is 10.8. The summed E-state index contributed by atoms with van der Waals surface area (Å²) in [7, 11) is 0. The van der Waals surface area contributed by atoms with Crippen molar-refractivity contribution in [3.05, 3.63) is 35.9 Å². The molecule has 0 amide bonds. The SMILES string of the molecule is c1ccc(C2CC2NCC2CCCC2)cc1. The first-order valence-electron chi connectivity index (χ1n) is 6.72. The van der Waals surface area contributed by atoms with Crippen molar-refractivity contribution >= 4 is 0 Å². The van der Waals surface area contributed by atoms with Gasteiger partial charge in [0.15, 0.2) is 0 Å². The zero-order valence-corrected chi connectivity index (χ0v) is 9.86. The minimum atomic E-state index is 0.767. The lowest BCUT2D eigenvalue weighted by Gasteiger charge is -2.10. The zero-order valence-electron chi connectivity index (χ0n) is 9.86. The molecule has 2 atom stereocenters. The van der Waals surface area contributed by atoms with Crippen molar-refractivity contribution in [3.63, 3.8) is 0 Å². The topological polar surface area (TPSA) is 12.0 Å². The molecule has 16 heavy (non-hydrogen) atoms. The van der Waals surface area contributed by atoms with Gasteiger partial charge in [0.25, 0.3) is 0 Å². The van der Waals surface area contributed by atoms with Crippen molar-refractivity contribution in [1.82, 2.24) is 5.32 Å². The average molecular weight is 215 g/mol. The van der Waals surface area contributed by atoms with Crippen molar-refractivity contribution < 1.29 is 0 Å². The molecule has 86 valence electrons. The quantitative estimate of drug-likeness (QED) is 0.812. The molecule has 0 radical (unpaired) electrons. The lowest BCUT2D eigenvalue weighted by molar-refractivity contribution is 0.485. The highest BCUT2D eigenvalue weighted by atomic mass is 15.0. The molecule has 3 rings (SSSR count). The van der Waals surface area contributed by atoms with E-state index in [4.69, 9.17) is 0 Å². The maximum Gasteiger partial charge on any atom is 0.0143 e. The third kappa shape index (κ3) is 2.30. The fraction of sp³-hybridized carbons (Fsp3) is 0.600. The maximum absolute atomic E-state index is 3.75. The molecule has 0 saturated heterocycles. The van der Waals surface area contributed by atoms with Crippen LogP contribution < -0.4 is 5.32 Å². The van der Waals surface area contributed by atoms with Crippen LogP contribution >= 0.6 is 0 Å². The Kier molecular flexibility index (Phi) is 2.96. The fourth-order valence-electron chi connectivity index (χ4n) is 3.02. The van der Waals surface area contributed by atoms with Crippen LogP contribution in [0.2, 0.25) is 0 Å². The standard InChI is InChI=1S/C15H21N/c1-2-8-13(9-3-1)14-10-15(14)16-11-12-6-4-5-7-12/h1-3,8-9,12,14-16H,4-7,10-11H2. The van der Waals surface area contributed by atoms with Gasteiger partial charge in [-0.3, -0.25) is 0 Å². The molecule has 2 saturated carbocycles. The van der Waals surface area contributed by atoms with Crippen molar-refractivity contribution in [1.29, 1.82) is 0 Å². The first kappa shape index (κ1) is 10.3. The summed E-state index contributed by atoms with van der Waals surface area (Å²) in [6, 6.07) is 11.7. The summed E-state index contributed by atoms with van der Waals surface area (Å²) >= 11 is 0. The second-order valence-corrected chi connectivity index (χ2v) is 5.42. The minimum absolute atomic E-state index is 0.767. The van der Waals surface area contributed by atoms with Crippen LogP contribution in [0.4, 0.5) is 0 Å². The van der Waals surface area contributed by atoms with Crippen LogP contribution in [-0.2, 0) is 0 Å². The van der Waals surface area contributed by atoms with Crippen molar-refractivity contribution in [3.8, 4) is 0 Å². The number of nitrogens with one attached hydrogen (secondary N) is 1. The molecule has 2 fully saturated rings. The van der Waals surface area contributed by atoms with E-state index in [1.807, 2.05) is 0 Å².